The van der Waals surface area contributed by atoms with Crippen LogP contribution in [0.5, 0.6) is 0 Å². The van der Waals surface area contributed by atoms with Gasteiger partial charge in [-0.3, -0.25) is 9.11 Å². The lowest BCUT2D eigenvalue weighted by molar-refractivity contribution is -0.893. The lowest BCUT2D eigenvalue weighted by Gasteiger charge is -2.42. The van der Waals surface area contributed by atoms with Crippen LogP contribution in [-0.2, 0) is 30.3 Å². The van der Waals surface area contributed by atoms with E-state index in [2.05, 4.69) is 0 Å². The molecule has 48 heavy (non-hydrogen) atoms. The average molecular weight is 812 g/mol. The highest BCUT2D eigenvalue weighted by molar-refractivity contribution is 7.90. The quantitative estimate of drug-likeness (QED) is 0.0854. The van der Waals surface area contributed by atoms with E-state index in [-0.39, 0.29) is 0 Å². The second-order valence-corrected chi connectivity index (χ2v) is 15.7. The molecule has 0 bridgehead atoms. The predicted octanol–water partition coefficient (Wildman–Crippen LogP) is 1.91. The molecule has 0 heterocycles. The van der Waals surface area contributed by atoms with Gasteiger partial charge in [0.05, 0.1) is 26.7 Å². The van der Waals surface area contributed by atoms with Gasteiger partial charge in [-0.2, -0.15) is 87.0 Å². The van der Waals surface area contributed by atoms with Crippen LogP contribution in [0.1, 0.15) is 6.42 Å². The van der Waals surface area contributed by atoms with Crippen molar-refractivity contribution in [1.82, 2.24) is 4.31 Å². The summed E-state index contributed by atoms with van der Waals surface area (Å²) in [5, 5.41) is 11.5. The van der Waals surface area contributed by atoms with E-state index in [4.69, 9.17) is 9.11 Å². The van der Waals surface area contributed by atoms with Gasteiger partial charge in [-0.05, 0) is 0 Å². The standard InChI is InChI=1S/C18H25F15N2O10S3/c1-35(2,7-11(37)9-47(41,42)43)5-3-4-34(6-10(36)8-46(38,39)40)48(44,45)18(32,33)16(27,28)14(23,24)12(19,20)13(21,22)15(25,26)17(29,30)31/h10-11,36-37H,3-9H2,1-2H3,(H-,38,39,40,41,42,43)/p+1. The fraction of sp³-hybridized carbons (Fsp3) is 1.00. The number of aliphatic hydroxyl groups excluding tert-OH is 2. The van der Waals surface area contributed by atoms with Gasteiger partial charge >= 0.3 is 41.0 Å². The molecule has 0 spiro atoms. The summed E-state index contributed by atoms with van der Waals surface area (Å²) in [6.45, 7) is -5.43. The van der Waals surface area contributed by atoms with Gasteiger partial charge in [-0.25, -0.2) is 8.42 Å². The monoisotopic (exact) mass is 811 g/mol. The molecule has 4 N–H and O–H groups in total. The smallest absolute Gasteiger partial charge is 0.391 e. The number of hydrogen-bond acceptors (Lipinski definition) is 8. The van der Waals surface area contributed by atoms with Crippen LogP contribution >= 0.6 is 0 Å². The molecule has 0 amide bonds. The molecule has 0 radical (unpaired) electrons. The molecule has 0 aromatic carbocycles. The lowest BCUT2D eigenvalue weighted by Crippen LogP contribution is -2.74. The number of aliphatic hydroxyl groups is 2. The molecule has 0 aromatic rings. The van der Waals surface area contributed by atoms with Crippen LogP contribution in [0.2, 0.25) is 0 Å². The van der Waals surface area contributed by atoms with Gasteiger partial charge in [0.1, 0.15) is 24.2 Å². The van der Waals surface area contributed by atoms with Crippen molar-refractivity contribution in [2.45, 2.75) is 59.7 Å². The Bertz CT molecular complexity index is 1450. The zero-order valence-electron chi connectivity index (χ0n) is 23.6. The molecule has 0 rings (SSSR count). The largest absolute Gasteiger partial charge is 0.460 e. The Kier molecular flexibility index (Phi) is 13.5. The van der Waals surface area contributed by atoms with Gasteiger partial charge in [0, 0.05) is 19.5 Å². The topological polar surface area (TPSA) is 187 Å². The van der Waals surface area contributed by atoms with E-state index in [0.717, 1.165) is 14.1 Å². The first-order chi connectivity index (χ1) is 20.6. The number of halogens is 15. The third-order valence-electron chi connectivity index (χ3n) is 6.06. The molecule has 0 aliphatic heterocycles. The molecule has 0 saturated heterocycles. The second kappa shape index (κ2) is 13.9. The van der Waals surface area contributed by atoms with Crippen molar-refractivity contribution in [3.63, 3.8) is 0 Å². The van der Waals surface area contributed by atoms with Crippen LogP contribution in [0.25, 0.3) is 0 Å². The lowest BCUT2D eigenvalue weighted by atomic mass is 9.94. The molecule has 0 aliphatic carbocycles. The molecule has 0 aliphatic rings. The minimum atomic E-state index is -8.82. The van der Waals surface area contributed by atoms with Gasteiger partial charge in [-0.1, -0.05) is 0 Å². The van der Waals surface area contributed by atoms with Gasteiger partial charge in [0.25, 0.3) is 30.3 Å². The summed E-state index contributed by atoms with van der Waals surface area (Å²) < 4.78 is 288. The summed E-state index contributed by atoms with van der Waals surface area (Å²) in [4.78, 5) is 0. The van der Waals surface area contributed by atoms with E-state index in [1.165, 1.54) is 0 Å². The van der Waals surface area contributed by atoms with Crippen molar-refractivity contribution in [1.29, 1.82) is 0 Å². The maximum absolute atomic E-state index is 14.7. The van der Waals surface area contributed by atoms with Crippen LogP contribution < -0.4 is 0 Å². The van der Waals surface area contributed by atoms with Gasteiger partial charge in [0.2, 0.25) is 0 Å². The maximum Gasteiger partial charge on any atom is 0.460 e. The maximum atomic E-state index is 14.7. The SMILES string of the molecule is C[N+](C)(CCCN(CC(O)CS(=O)(=O)O)S(=O)(=O)C(F)(F)C(F)(F)C(F)(F)C(F)(F)C(F)(F)C(F)(F)C(F)(F)F)CC(O)CS(=O)(=O)O. The van der Waals surface area contributed by atoms with Crippen LogP contribution in [0.3, 0.4) is 0 Å². The average Bonchev–Trinajstić information content (AvgIpc) is 2.78. The molecule has 0 fully saturated rings. The Morgan fingerprint density at radius 2 is 0.958 bits per heavy atom. The van der Waals surface area contributed by atoms with Gasteiger partial charge in [-0.15, -0.1) is 0 Å². The molecule has 0 saturated carbocycles. The predicted molar refractivity (Wildman–Crippen MR) is 128 cm³/mol. The van der Waals surface area contributed by atoms with Gasteiger partial charge in [0.15, 0.2) is 0 Å². The fourth-order valence-electron chi connectivity index (χ4n) is 3.75. The van der Waals surface area contributed by atoms with Crippen LogP contribution in [0.4, 0.5) is 65.9 Å². The molecule has 2 atom stereocenters. The number of quaternary nitrogens is 1. The number of rotatable bonds is 19. The molecular formula is C18H26F15N2O10S3+. The molecule has 12 nitrogen and oxygen atoms in total. The Labute approximate surface area is 261 Å². The number of alkyl halides is 15. The summed E-state index contributed by atoms with van der Waals surface area (Å²) in [6.07, 6.45) is -13.8. The first kappa shape index (κ1) is 46.6. The van der Waals surface area contributed by atoms with Crippen molar-refractivity contribution >= 4 is 30.3 Å². The summed E-state index contributed by atoms with van der Waals surface area (Å²) in [7, 11) is -16.0. The van der Waals surface area contributed by atoms with E-state index < -0.39 is 136 Å². The highest BCUT2D eigenvalue weighted by atomic mass is 32.2. The Balaban J connectivity index is 6.89. The van der Waals surface area contributed by atoms with E-state index in [1.54, 1.807) is 0 Å². The first-order valence-corrected chi connectivity index (χ1v) is 16.6. The third kappa shape index (κ3) is 9.66. The van der Waals surface area contributed by atoms with Crippen LogP contribution in [0.15, 0.2) is 0 Å². The normalized spacial score (nSPS) is 17.1. The van der Waals surface area contributed by atoms with Crippen molar-refractivity contribution in [2.75, 3.05) is 51.8 Å². The van der Waals surface area contributed by atoms with E-state index in [0.29, 0.717) is 0 Å². The Hall–Kier alpha value is -1.44. The molecule has 290 valence electrons. The summed E-state index contributed by atoms with van der Waals surface area (Å²) in [6, 6.07) is 0. The minimum Gasteiger partial charge on any atom is -0.391 e. The molecule has 0 aromatic heterocycles. The van der Waals surface area contributed by atoms with Gasteiger partial charge < -0.3 is 14.7 Å². The number of nitrogens with zero attached hydrogens (tertiary/aromatic N) is 2. The number of hydrogen-bond donors (Lipinski definition) is 4. The summed E-state index contributed by atoms with van der Waals surface area (Å²) in [5.74, 6) is -46.5. The van der Waals surface area contributed by atoms with Crippen LogP contribution in [0, 0.1) is 0 Å². The highest BCUT2D eigenvalue weighted by Gasteiger charge is 2.94. The Morgan fingerprint density at radius 1 is 0.604 bits per heavy atom. The van der Waals surface area contributed by atoms with E-state index in [9.17, 15) is 101 Å². The minimum absolute atomic E-state index is 0.704. The number of sulfonamides is 1. The van der Waals surface area contributed by atoms with Crippen molar-refractivity contribution in [3.8, 4) is 0 Å². The molecule has 30 heteroatoms. The third-order valence-corrected chi connectivity index (χ3v) is 9.59. The zero-order chi connectivity index (χ0) is 39.2. The van der Waals surface area contributed by atoms with Crippen LogP contribution in [-0.4, -0.2) is 158 Å². The molecular weight excluding hydrogens is 785 g/mol. The number of likely N-dealkylation sites (N-methyl/N-ethyl adjacent to an activating group) is 1. The van der Waals surface area contributed by atoms with E-state index >= 15 is 0 Å². The summed E-state index contributed by atoms with van der Waals surface area (Å²) in [5.41, 5.74) is 0. The fourth-order valence-corrected chi connectivity index (χ4v) is 6.45. The van der Waals surface area contributed by atoms with Crippen molar-refractivity contribution < 1.29 is 115 Å². The van der Waals surface area contributed by atoms with Crippen molar-refractivity contribution in [2.24, 2.45) is 0 Å². The zero-order valence-corrected chi connectivity index (χ0v) is 26.1. The Morgan fingerprint density at radius 3 is 1.33 bits per heavy atom. The summed E-state index contributed by atoms with van der Waals surface area (Å²) >= 11 is 0. The molecule has 2 unspecified atom stereocenters. The van der Waals surface area contributed by atoms with E-state index in [1.807, 2.05) is 0 Å². The first-order valence-electron chi connectivity index (χ1n) is 12.0. The van der Waals surface area contributed by atoms with Crippen molar-refractivity contribution in [3.05, 3.63) is 0 Å². The highest BCUT2D eigenvalue weighted by Crippen LogP contribution is 2.63. The second-order valence-electron chi connectivity index (χ2n) is 10.7.